The first-order chi connectivity index (χ1) is 10.1. The number of carbonyl (C=O) groups is 1. The molecule has 1 amide bonds. The first-order valence-electron chi connectivity index (χ1n) is 7.60. The third kappa shape index (κ3) is 3.91. The lowest BCUT2D eigenvalue weighted by Crippen LogP contribution is -2.35. The fraction of sp³-hybridized carbons (Fsp3) is 0.562. The molecule has 21 heavy (non-hydrogen) atoms. The van der Waals surface area contributed by atoms with E-state index in [2.05, 4.69) is 4.90 Å². The molecule has 1 aliphatic carbocycles. The van der Waals surface area contributed by atoms with Gasteiger partial charge in [0.25, 0.3) is 5.91 Å². The van der Waals surface area contributed by atoms with Gasteiger partial charge in [-0.1, -0.05) is 23.2 Å². The molecule has 2 aliphatic rings. The highest BCUT2D eigenvalue weighted by atomic mass is 35.5. The molecule has 1 heterocycles. The van der Waals surface area contributed by atoms with Crippen molar-refractivity contribution in [1.82, 2.24) is 9.80 Å². The van der Waals surface area contributed by atoms with Gasteiger partial charge < -0.3 is 9.80 Å². The zero-order valence-electron chi connectivity index (χ0n) is 12.0. The van der Waals surface area contributed by atoms with Gasteiger partial charge in [0.1, 0.15) is 0 Å². The number of benzene rings is 1. The average Bonchev–Trinajstić information content (AvgIpc) is 3.26. The van der Waals surface area contributed by atoms with E-state index in [0.717, 1.165) is 38.5 Å². The topological polar surface area (TPSA) is 23.6 Å². The van der Waals surface area contributed by atoms with Gasteiger partial charge in [0.2, 0.25) is 0 Å². The van der Waals surface area contributed by atoms with Crippen molar-refractivity contribution in [1.29, 1.82) is 0 Å². The summed E-state index contributed by atoms with van der Waals surface area (Å²) < 4.78 is 0. The minimum atomic E-state index is 0.0185. The summed E-state index contributed by atoms with van der Waals surface area (Å²) in [6.45, 7) is 4.84. The van der Waals surface area contributed by atoms with Gasteiger partial charge in [0.15, 0.2) is 0 Å². The van der Waals surface area contributed by atoms with Gasteiger partial charge in [-0.25, -0.2) is 0 Å². The van der Waals surface area contributed by atoms with Crippen LogP contribution >= 0.6 is 23.2 Å². The molecule has 1 saturated heterocycles. The third-order valence-corrected chi connectivity index (χ3v) is 4.80. The Morgan fingerprint density at radius 2 is 1.95 bits per heavy atom. The summed E-state index contributed by atoms with van der Waals surface area (Å²) in [6.07, 6.45) is 3.78. The van der Waals surface area contributed by atoms with Crippen molar-refractivity contribution >= 4 is 29.1 Å². The van der Waals surface area contributed by atoms with Gasteiger partial charge >= 0.3 is 0 Å². The molecule has 1 aromatic carbocycles. The maximum absolute atomic E-state index is 12.6. The Bertz CT molecular complexity index is 531. The van der Waals surface area contributed by atoms with E-state index in [0.29, 0.717) is 15.6 Å². The zero-order chi connectivity index (χ0) is 14.8. The SMILES string of the molecule is O=C(c1ccc(Cl)cc1Cl)N1CCCN(CC2CC2)CC1. The standard InChI is InChI=1S/C16H20Cl2N2O/c17-13-4-5-14(15(18)10-13)16(21)20-7-1-6-19(8-9-20)11-12-2-3-12/h4-5,10,12H,1-3,6-9,11H2. The highest BCUT2D eigenvalue weighted by Gasteiger charge is 2.27. The fourth-order valence-corrected chi connectivity index (χ4v) is 3.34. The smallest absolute Gasteiger partial charge is 0.255 e. The number of hydrogen-bond acceptors (Lipinski definition) is 2. The van der Waals surface area contributed by atoms with Crippen molar-refractivity contribution < 1.29 is 4.79 Å². The van der Waals surface area contributed by atoms with Crippen LogP contribution in [-0.4, -0.2) is 48.4 Å². The van der Waals surface area contributed by atoms with Crippen LogP contribution in [0.25, 0.3) is 0 Å². The molecule has 0 atom stereocenters. The zero-order valence-corrected chi connectivity index (χ0v) is 13.5. The second kappa shape index (κ2) is 6.55. The molecule has 0 bridgehead atoms. The van der Waals surface area contributed by atoms with E-state index in [1.807, 2.05) is 4.90 Å². The second-order valence-corrected chi connectivity index (χ2v) is 6.86. The van der Waals surface area contributed by atoms with E-state index in [-0.39, 0.29) is 5.91 Å². The van der Waals surface area contributed by atoms with Crippen molar-refractivity contribution in [2.75, 3.05) is 32.7 Å². The normalized spacial score (nSPS) is 20.4. The molecule has 1 aromatic rings. The summed E-state index contributed by atoms with van der Waals surface area (Å²) in [6, 6.07) is 5.07. The molecule has 2 fully saturated rings. The van der Waals surface area contributed by atoms with Crippen LogP contribution in [0.5, 0.6) is 0 Å². The van der Waals surface area contributed by atoms with E-state index < -0.39 is 0 Å². The molecule has 0 aromatic heterocycles. The summed E-state index contributed by atoms with van der Waals surface area (Å²) in [5.74, 6) is 0.919. The van der Waals surface area contributed by atoms with Crippen LogP contribution in [0.1, 0.15) is 29.6 Å². The molecule has 0 radical (unpaired) electrons. The summed E-state index contributed by atoms with van der Waals surface area (Å²) in [5.41, 5.74) is 0.553. The largest absolute Gasteiger partial charge is 0.337 e. The summed E-state index contributed by atoms with van der Waals surface area (Å²) in [5, 5.41) is 0.995. The Morgan fingerprint density at radius 1 is 1.14 bits per heavy atom. The molecule has 0 spiro atoms. The van der Waals surface area contributed by atoms with Crippen LogP contribution in [0.2, 0.25) is 10.0 Å². The highest BCUT2D eigenvalue weighted by molar-refractivity contribution is 6.36. The van der Waals surface area contributed by atoms with Crippen molar-refractivity contribution in [2.24, 2.45) is 5.92 Å². The Balaban J connectivity index is 1.64. The summed E-state index contributed by atoms with van der Waals surface area (Å²) in [4.78, 5) is 17.0. The van der Waals surface area contributed by atoms with Crippen LogP contribution in [0.4, 0.5) is 0 Å². The molecule has 0 N–H and O–H groups in total. The Labute approximate surface area is 135 Å². The lowest BCUT2D eigenvalue weighted by molar-refractivity contribution is 0.0761. The van der Waals surface area contributed by atoms with Crippen LogP contribution in [0.15, 0.2) is 18.2 Å². The molecule has 1 aliphatic heterocycles. The van der Waals surface area contributed by atoms with Crippen molar-refractivity contribution in [3.63, 3.8) is 0 Å². The molecular formula is C16H20Cl2N2O. The predicted octanol–water partition coefficient (Wildman–Crippen LogP) is 3.55. The average molecular weight is 327 g/mol. The molecule has 1 saturated carbocycles. The summed E-state index contributed by atoms with van der Waals surface area (Å²) in [7, 11) is 0. The van der Waals surface area contributed by atoms with Gasteiger partial charge in [-0.05, 0) is 49.9 Å². The number of halogens is 2. The van der Waals surface area contributed by atoms with E-state index >= 15 is 0 Å². The van der Waals surface area contributed by atoms with Gasteiger partial charge in [0, 0.05) is 31.2 Å². The maximum Gasteiger partial charge on any atom is 0.255 e. The minimum Gasteiger partial charge on any atom is -0.337 e. The van der Waals surface area contributed by atoms with E-state index in [4.69, 9.17) is 23.2 Å². The van der Waals surface area contributed by atoms with Gasteiger partial charge in [-0.15, -0.1) is 0 Å². The number of hydrogen-bond donors (Lipinski definition) is 0. The first kappa shape index (κ1) is 15.1. The predicted molar refractivity (Wildman–Crippen MR) is 86.1 cm³/mol. The monoisotopic (exact) mass is 326 g/mol. The van der Waals surface area contributed by atoms with Crippen molar-refractivity contribution in [3.05, 3.63) is 33.8 Å². The lowest BCUT2D eigenvalue weighted by atomic mass is 10.2. The van der Waals surface area contributed by atoms with Crippen molar-refractivity contribution in [2.45, 2.75) is 19.3 Å². The molecular weight excluding hydrogens is 307 g/mol. The maximum atomic E-state index is 12.6. The van der Waals surface area contributed by atoms with Gasteiger partial charge in [-0.3, -0.25) is 4.79 Å². The first-order valence-corrected chi connectivity index (χ1v) is 8.36. The Kier molecular flexibility index (Phi) is 4.72. The summed E-state index contributed by atoms with van der Waals surface area (Å²) >= 11 is 12.0. The van der Waals surface area contributed by atoms with Crippen LogP contribution in [-0.2, 0) is 0 Å². The lowest BCUT2D eigenvalue weighted by Gasteiger charge is -2.22. The molecule has 3 nitrogen and oxygen atoms in total. The minimum absolute atomic E-state index is 0.0185. The van der Waals surface area contributed by atoms with Crippen molar-refractivity contribution in [3.8, 4) is 0 Å². The number of carbonyl (C=O) groups excluding carboxylic acids is 1. The highest BCUT2D eigenvalue weighted by Crippen LogP contribution is 2.30. The third-order valence-electron chi connectivity index (χ3n) is 4.25. The van der Waals surface area contributed by atoms with Crippen LogP contribution in [0.3, 0.4) is 0 Å². The van der Waals surface area contributed by atoms with Gasteiger partial charge in [-0.2, -0.15) is 0 Å². The number of amides is 1. The fourth-order valence-electron chi connectivity index (χ4n) is 2.86. The van der Waals surface area contributed by atoms with Crippen LogP contribution in [0, 0.1) is 5.92 Å². The second-order valence-electron chi connectivity index (χ2n) is 6.01. The number of rotatable bonds is 3. The molecule has 3 rings (SSSR count). The Morgan fingerprint density at radius 3 is 2.67 bits per heavy atom. The Hall–Kier alpha value is -0.770. The van der Waals surface area contributed by atoms with Crippen LogP contribution < -0.4 is 0 Å². The number of nitrogens with zero attached hydrogens (tertiary/aromatic N) is 2. The molecule has 5 heteroatoms. The molecule has 0 unspecified atom stereocenters. The quantitative estimate of drug-likeness (QED) is 0.848. The van der Waals surface area contributed by atoms with E-state index in [1.165, 1.54) is 19.4 Å². The van der Waals surface area contributed by atoms with Gasteiger partial charge in [0.05, 0.1) is 10.6 Å². The van der Waals surface area contributed by atoms with E-state index in [1.54, 1.807) is 18.2 Å². The molecule has 114 valence electrons. The van der Waals surface area contributed by atoms with E-state index in [9.17, 15) is 4.79 Å².